The average Bonchev–Trinajstić information content (AvgIpc) is 2.10. The second kappa shape index (κ2) is 5.39. The van der Waals surface area contributed by atoms with Gasteiger partial charge in [0.2, 0.25) is 0 Å². The summed E-state index contributed by atoms with van der Waals surface area (Å²) < 4.78 is 0.869. The Kier molecular flexibility index (Phi) is 5.30. The van der Waals surface area contributed by atoms with Crippen molar-refractivity contribution in [2.75, 3.05) is 0 Å². The van der Waals surface area contributed by atoms with Gasteiger partial charge in [0.05, 0.1) is 0 Å². The Labute approximate surface area is 112 Å². The molecule has 4 heteroatoms. The van der Waals surface area contributed by atoms with Crippen molar-refractivity contribution in [1.82, 2.24) is 0 Å². The minimum atomic E-state index is -0.188. The van der Waals surface area contributed by atoms with Crippen molar-refractivity contribution in [1.29, 1.82) is 0 Å². The molecule has 1 rings (SSSR count). The van der Waals surface area contributed by atoms with Gasteiger partial charge in [0.25, 0.3) is 0 Å². The summed E-state index contributed by atoms with van der Waals surface area (Å²) in [6.07, 6.45) is 0. The zero-order chi connectivity index (χ0) is 11.8. The number of phenolic OH excluding ortho intramolecular Hbond substituents is 1. The zero-order valence-electron chi connectivity index (χ0n) is 10.0. The van der Waals surface area contributed by atoms with Crippen LogP contribution < -0.4 is 5.73 Å². The van der Waals surface area contributed by atoms with Crippen molar-refractivity contribution in [3.8, 4) is 5.75 Å². The number of halogens is 2. The summed E-state index contributed by atoms with van der Waals surface area (Å²) in [5, 5.41) is 10.0. The SMILES string of the molecule is Cc1ccc(Br)c([C@H](N)C(C)(C)C)c1O.Cl. The molecule has 0 saturated heterocycles. The smallest absolute Gasteiger partial charge is 0.124 e. The zero-order valence-corrected chi connectivity index (χ0v) is 12.4. The molecule has 0 radical (unpaired) electrons. The Morgan fingerprint density at radius 3 is 2.25 bits per heavy atom. The maximum absolute atomic E-state index is 10.0. The minimum absolute atomic E-state index is 0. The van der Waals surface area contributed by atoms with Crippen LogP contribution in [0.15, 0.2) is 16.6 Å². The number of hydrogen-bond donors (Lipinski definition) is 2. The van der Waals surface area contributed by atoms with Gasteiger partial charge in [-0.1, -0.05) is 42.8 Å². The first kappa shape index (κ1) is 15.8. The van der Waals surface area contributed by atoms with E-state index in [9.17, 15) is 5.11 Å². The fourth-order valence-corrected chi connectivity index (χ4v) is 1.99. The molecule has 0 aliphatic carbocycles. The van der Waals surface area contributed by atoms with E-state index < -0.39 is 0 Å². The van der Waals surface area contributed by atoms with E-state index in [1.165, 1.54) is 0 Å². The number of phenols is 1. The fourth-order valence-electron chi connectivity index (χ4n) is 1.42. The normalized spacial score (nSPS) is 13.1. The Hall–Kier alpha value is -0.250. The van der Waals surface area contributed by atoms with Crippen molar-refractivity contribution in [3.63, 3.8) is 0 Å². The van der Waals surface area contributed by atoms with Gasteiger partial charge in [-0.3, -0.25) is 0 Å². The molecule has 0 unspecified atom stereocenters. The summed E-state index contributed by atoms with van der Waals surface area (Å²) in [5.74, 6) is 0.298. The number of aryl methyl sites for hydroxylation is 1. The maximum atomic E-state index is 10.0. The van der Waals surface area contributed by atoms with Gasteiger partial charge in [0, 0.05) is 16.1 Å². The molecule has 0 saturated carbocycles. The van der Waals surface area contributed by atoms with Crippen LogP contribution in [-0.2, 0) is 0 Å². The Bertz CT molecular complexity index is 374. The quantitative estimate of drug-likeness (QED) is 0.825. The van der Waals surface area contributed by atoms with Crippen molar-refractivity contribution < 1.29 is 5.11 Å². The molecule has 2 nitrogen and oxygen atoms in total. The average molecular weight is 309 g/mol. The van der Waals surface area contributed by atoms with E-state index in [0.29, 0.717) is 5.75 Å². The van der Waals surface area contributed by atoms with E-state index in [0.717, 1.165) is 15.6 Å². The van der Waals surface area contributed by atoms with Crippen LogP contribution in [0.25, 0.3) is 0 Å². The van der Waals surface area contributed by atoms with E-state index in [1.54, 1.807) is 0 Å². The number of nitrogens with two attached hydrogens (primary N) is 1. The lowest BCUT2D eigenvalue weighted by atomic mass is 9.82. The van der Waals surface area contributed by atoms with Crippen LogP contribution in [-0.4, -0.2) is 5.11 Å². The van der Waals surface area contributed by atoms with Crippen LogP contribution in [0.5, 0.6) is 5.75 Å². The van der Waals surface area contributed by atoms with Gasteiger partial charge < -0.3 is 10.8 Å². The van der Waals surface area contributed by atoms with Gasteiger partial charge >= 0.3 is 0 Å². The topological polar surface area (TPSA) is 46.2 Å². The number of aromatic hydroxyl groups is 1. The highest BCUT2D eigenvalue weighted by Crippen LogP contribution is 2.40. The molecule has 0 heterocycles. The maximum Gasteiger partial charge on any atom is 0.124 e. The molecule has 92 valence electrons. The summed E-state index contributed by atoms with van der Waals surface area (Å²) in [4.78, 5) is 0. The van der Waals surface area contributed by atoms with Crippen molar-refractivity contribution in [2.24, 2.45) is 11.1 Å². The Balaban J connectivity index is 0.00000225. The third-order valence-electron chi connectivity index (χ3n) is 2.61. The molecule has 3 N–H and O–H groups in total. The summed E-state index contributed by atoms with van der Waals surface area (Å²) in [6, 6.07) is 3.61. The van der Waals surface area contributed by atoms with Gasteiger partial charge in [0.15, 0.2) is 0 Å². The highest BCUT2D eigenvalue weighted by Gasteiger charge is 2.27. The molecule has 0 bridgehead atoms. The first-order valence-corrected chi connectivity index (χ1v) is 5.78. The van der Waals surface area contributed by atoms with E-state index in [2.05, 4.69) is 36.7 Å². The van der Waals surface area contributed by atoms with Crippen LogP contribution in [0.3, 0.4) is 0 Å². The largest absolute Gasteiger partial charge is 0.507 e. The summed E-state index contributed by atoms with van der Waals surface area (Å²) >= 11 is 3.43. The minimum Gasteiger partial charge on any atom is -0.507 e. The molecule has 16 heavy (non-hydrogen) atoms. The molecule has 1 aromatic carbocycles. The lowest BCUT2D eigenvalue weighted by Gasteiger charge is -2.29. The van der Waals surface area contributed by atoms with Crippen molar-refractivity contribution >= 4 is 28.3 Å². The molecule has 1 atom stereocenters. The van der Waals surface area contributed by atoms with E-state index in [-0.39, 0.29) is 23.9 Å². The number of benzene rings is 1. The lowest BCUT2D eigenvalue weighted by Crippen LogP contribution is -2.26. The second-order valence-electron chi connectivity index (χ2n) is 4.97. The van der Waals surface area contributed by atoms with Crippen LogP contribution in [0.2, 0.25) is 0 Å². The third-order valence-corrected chi connectivity index (χ3v) is 3.30. The standard InChI is InChI=1S/C12H18BrNO.ClH/c1-7-5-6-8(13)9(10(7)15)11(14)12(2,3)4;/h5-6,11,15H,14H2,1-4H3;1H/t11-;/m0./s1. The summed E-state index contributed by atoms with van der Waals surface area (Å²) in [5.41, 5.74) is 7.73. The molecular formula is C12H19BrClNO. The molecule has 0 fully saturated rings. The van der Waals surface area contributed by atoms with Crippen molar-refractivity contribution in [3.05, 3.63) is 27.7 Å². The van der Waals surface area contributed by atoms with Crippen LogP contribution in [0.4, 0.5) is 0 Å². The highest BCUT2D eigenvalue weighted by molar-refractivity contribution is 9.10. The molecule has 0 aliphatic rings. The first-order chi connectivity index (χ1) is 6.75. The summed E-state index contributed by atoms with van der Waals surface area (Å²) in [6.45, 7) is 8.06. The predicted molar refractivity (Wildman–Crippen MR) is 74.2 cm³/mol. The predicted octanol–water partition coefficient (Wildman–Crippen LogP) is 3.93. The van der Waals surface area contributed by atoms with Crippen LogP contribution in [0.1, 0.15) is 37.9 Å². The fraction of sp³-hybridized carbons (Fsp3) is 0.500. The second-order valence-corrected chi connectivity index (χ2v) is 5.82. The molecule has 0 aromatic heterocycles. The lowest BCUT2D eigenvalue weighted by molar-refractivity contribution is 0.316. The molecular weight excluding hydrogens is 289 g/mol. The van der Waals surface area contributed by atoms with Gasteiger partial charge in [-0.15, -0.1) is 12.4 Å². The third kappa shape index (κ3) is 3.12. The number of rotatable bonds is 1. The van der Waals surface area contributed by atoms with Crippen molar-refractivity contribution in [2.45, 2.75) is 33.7 Å². The van der Waals surface area contributed by atoms with Gasteiger partial charge in [-0.25, -0.2) is 0 Å². The number of hydrogen-bond acceptors (Lipinski definition) is 2. The molecule has 0 amide bonds. The monoisotopic (exact) mass is 307 g/mol. The van der Waals surface area contributed by atoms with Gasteiger partial charge in [0.1, 0.15) is 5.75 Å². The van der Waals surface area contributed by atoms with Gasteiger partial charge in [-0.2, -0.15) is 0 Å². The highest BCUT2D eigenvalue weighted by atomic mass is 79.9. The summed E-state index contributed by atoms with van der Waals surface area (Å²) in [7, 11) is 0. The Morgan fingerprint density at radius 2 is 1.81 bits per heavy atom. The van der Waals surface area contributed by atoms with E-state index in [4.69, 9.17) is 5.73 Å². The Morgan fingerprint density at radius 1 is 1.31 bits per heavy atom. The van der Waals surface area contributed by atoms with Crippen LogP contribution >= 0.6 is 28.3 Å². The van der Waals surface area contributed by atoms with Gasteiger partial charge in [-0.05, 0) is 24.0 Å². The molecule has 0 aliphatic heterocycles. The van der Waals surface area contributed by atoms with E-state index in [1.807, 2.05) is 19.1 Å². The molecule has 0 spiro atoms. The molecule has 1 aromatic rings. The van der Waals surface area contributed by atoms with Crippen LogP contribution in [0, 0.1) is 12.3 Å². The first-order valence-electron chi connectivity index (χ1n) is 4.98. The van der Waals surface area contributed by atoms with E-state index >= 15 is 0 Å².